The minimum Gasteiger partial charge on any atom is -0.394 e. The summed E-state index contributed by atoms with van der Waals surface area (Å²) in [5.41, 5.74) is 0. The maximum atomic E-state index is 13.1. The molecule has 6 N–H and O–H groups in total. The van der Waals surface area contributed by atoms with Gasteiger partial charge in [-0.1, -0.05) is 289 Å². The quantitative estimate of drug-likeness (QED) is 0.0261. The fraction of sp³-hybridized carbons (Fsp3) is 0.921. The van der Waals surface area contributed by atoms with Crippen LogP contribution in [-0.4, -0.2) is 87.5 Å². The van der Waals surface area contributed by atoms with E-state index in [1.807, 2.05) is 0 Å². The van der Waals surface area contributed by atoms with Gasteiger partial charge in [-0.2, -0.15) is 0 Å². The Morgan fingerprint density at radius 2 is 0.819 bits per heavy atom. The monoisotopic (exact) mass is 1020 g/mol. The molecule has 1 saturated heterocycles. The van der Waals surface area contributed by atoms with Gasteiger partial charge in [-0.15, -0.1) is 0 Å². The van der Waals surface area contributed by atoms with E-state index in [-0.39, 0.29) is 12.5 Å². The zero-order valence-electron chi connectivity index (χ0n) is 47.5. The molecule has 0 aromatic carbocycles. The van der Waals surface area contributed by atoms with E-state index in [1.54, 1.807) is 0 Å². The molecule has 1 heterocycles. The average molecular weight is 1020 g/mol. The van der Waals surface area contributed by atoms with Crippen LogP contribution in [0.25, 0.3) is 0 Å². The molecule has 426 valence electrons. The van der Waals surface area contributed by atoms with Crippen LogP contribution in [0.15, 0.2) is 24.3 Å². The zero-order valence-corrected chi connectivity index (χ0v) is 47.5. The minimum atomic E-state index is -1.56. The third-order valence-electron chi connectivity index (χ3n) is 15.3. The molecule has 0 spiro atoms. The van der Waals surface area contributed by atoms with E-state index < -0.39 is 49.5 Å². The Labute approximate surface area is 445 Å². The predicted octanol–water partition coefficient (Wildman–Crippen LogP) is 16.1. The number of unbranched alkanes of at least 4 members (excludes halogenated alkanes) is 41. The molecule has 1 amide bonds. The van der Waals surface area contributed by atoms with E-state index in [0.29, 0.717) is 12.8 Å². The van der Waals surface area contributed by atoms with E-state index in [4.69, 9.17) is 9.47 Å². The molecule has 1 aliphatic heterocycles. The maximum Gasteiger partial charge on any atom is 0.220 e. The lowest BCUT2D eigenvalue weighted by Gasteiger charge is -2.40. The second-order valence-corrected chi connectivity index (χ2v) is 22.2. The normalized spacial score (nSPS) is 19.2. The van der Waals surface area contributed by atoms with Gasteiger partial charge in [-0.3, -0.25) is 4.79 Å². The van der Waals surface area contributed by atoms with Gasteiger partial charge >= 0.3 is 0 Å². The van der Waals surface area contributed by atoms with Gasteiger partial charge in [-0.25, -0.2) is 0 Å². The van der Waals surface area contributed by atoms with Crippen molar-refractivity contribution in [2.45, 2.75) is 358 Å². The molecule has 7 atom stereocenters. The van der Waals surface area contributed by atoms with Crippen molar-refractivity contribution in [2.75, 3.05) is 13.2 Å². The summed E-state index contributed by atoms with van der Waals surface area (Å²) in [6.07, 6.45) is 60.9. The van der Waals surface area contributed by atoms with Crippen LogP contribution >= 0.6 is 0 Å². The van der Waals surface area contributed by atoms with E-state index in [0.717, 1.165) is 64.2 Å². The topological polar surface area (TPSA) is 149 Å². The van der Waals surface area contributed by atoms with Crippen molar-refractivity contribution in [2.24, 2.45) is 0 Å². The fourth-order valence-corrected chi connectivity index (χ4v) is 10.3. The van der Waals surface area contributed by atoms with Crippen LogP contribution in [0.5, 0.6) is 0 Å². The number of carbonyl (C=O) groups is 1. The summed E-state index contributed by atoms with van der Waals surface area (Å²) in [7, 11) is 0. The van der Waals surface area contributed by atoms with Gasteiger partial charge in [0.25, 0.3) is 0 Å². The maximum absolute atomic E-state index is 13.1. The largest absolute Gasteiger partial charge is 0.394 e. The summed E-state index contributed by atoms with van der Waals surface area (Å²) in [5.74, 6) is -0.154. The molecule has 1 aliphatic rings. The molecule has 0 radical (unpaired) electrons. The van der Waals surface area contributed by atoms with Crippen LogP contribution < -0.4 is 5.32 Å². The Bertz CT molecular complexity index is 1180. The SMILES string of the molecule is CCCCCC/C=C\C/C=C\CCCCCCCC(=O)NC(COC1OC(CO)C(O)C(O)C1O)C(O)CCCCCCCCCCCCCCCCCCCCCCCCCCCCCCCCCCC. The highest BCUT2D eigenvalue weighted by molar-refractivity contribution is 5.76. The number of hydrogen-bond donors (Lipinski definition) is 6. The van der Waals surface area contributed by atoms with Crippen LogP contribution in [0.4, 0.5) is 0 Å². The second kappa shape index (κ2) is 53.1. The summed E-state index contributed by atoms with van der Waals surface area (Å²) in [6, 6.07) is -0.726. The third-order valence-corrected chi connectivity index (χ3v) is 15.3. The van der Waals surface area contributed by atoms with Crippen LogP contribution in [0.3, 0.4) is 0 Å². The average Bonchev–Trinajstić information content (AvgIpc) is 3.38. The molecular formula is C63H121NO8. The Hall–Kier alpha value is -1.33. The first-order valence-corrected chi connectivity index (χ1v) is 31.5. The van der Waals surface area contributed by atoms with E-state index in [9.17, 15) is 30.3 Å². The Morgan fingerprint density at radius 1 is 0.472 bits per heavy atom. The first-order chi connectivity index (χ1) is 35.3. The lowest BCUT2D eigenvalue weighted by molar-refractivity contribution is -0.302. The first-order valence-electron chi connectivity index (χ1n) is 31.5. The van der Waals surface area contributed by atoms with Gasteiger partial charge in [0.2, 0.25) is 5.91 Å². The van der Waals surface area contributed by atoms with Crippen molar-refractivity contribution in [1.29, 1.82) is 0 Å². The number of aliphatic hydroxyl groups excluding tert-OH is 5. The van der Waals surface area contributed by atoms with E-state index >= 15 is 0 Å². The molecule has 0 bridgehead atoms. The molecule has 0 aliphatic carbocycles. The number of rotatable bonds is 55. The van der Waals surface area contributed by atoms with Crippen LogP contribution in [-0.2, 0) is 14.3 Å². The highest BCUT2D eigenvalue weighted by atomic mass is 16.7. The van der Waals surface area contributed by atoms with Crippen molar-refractivity contribution >= 4 is 5.91 Å². The van der Waals surface area contributed by atoms with E-state index in [1.165, 1.54) is 225 Å². The summed E-state index contributed by atoms with van der Waals surface area (Å²) in [4.78, 5) is 13.1. The minimum absolute atomic E-state index is 0.141. The molecule has 0 saturated carbocycles. The van der Waals surface area contributed by atoms with Gasteiger partial charge < -0.3 is 40.3 Å². The number of ether oxygens (including phenoxy) is 2. The zero-order chi connectivity index (χ0) is 52.2. The van der Waals surface area contributed by atoms with Crippen LogP contribution in [0, 0.1) is 0 Å². The summed E-state index contributed by atoms with van der Waals surface area (Å²) in [6.45, 7) is 3.85. The predicted molar refractivity (Wildman–Crippen MR) is 304 cm³/mol. The number of amides is 1. The molecule has 72 heavy (non-hydrogen) atoms. The van der Waals surface area contributed by atoms with Crippen LogP contribution in [0.1, 0.15) is 316 Å². The highest BCUT2D eigenvalue weighted by Crippen LogP contribution is 2.23. The van der Waals surface area contributed by atoms with E-state index in [2.05, 4.69) is 43.5 Å². The molecule has 9 nitrogen and oxygen atoms in total. The van der Waals surface area contributed by atoms with Crippen LogP contribution in [0.2, 0.25) is 0 Å². The molecular weight excluding hydrogens is 899 g/mol. The van der Waals surface area contributed by atoms with Crippen molar-refractivity contribution in [3.05, 3.63) is 24.3 Å². The van der Waals surface area contributed by atoms with Gasteiger partial charge in [0.1, 0.15) is 24.4 Å². The number of hydrogen-bond acceptors (Lipinski definition) is 8. The fourth-order valence-electron chi connectivity index (χ4n) is 10.3. The number of carbonyl (C=O) groups excluding carboxylic acids is 1. The second-order valence-electron chi connectivity index (χ2n) is 22.2. The molecule has 9 heteroatoms. The summed E-state index contributed by atoms with van der Waals surface area (Å²) in [5, 5.41) is 54.7. The number of allylic oxidation sites excluding steroid dienone is 4. The first kappa shape index (κ1) is 68.7. The summed E-state index contributed by atoms with van der Waals surface area (Å²) >= 11 is 0. The Balaban J connectivity index is 2.10. The smallest absolute Gasteiger partial charge is 0.220 e. The highest BCUT2D eigenvalue weighted by Gasteiger charge is 2.44. The molecule has 1 fully saturated rings. The molecule has 0 aromatic heterocycles. The van der Waals surface area contributed by atoms with Crippen molar-refractivity contribution in [3.63, 3.8) is 0 Å². The summed E-state index contributed by atoms with van der Waals surface area (Å²) < 4.78 is 11.3. The van der Waals surface area contributed by atoms with Crippen molar-refractivity contribution in [1.82, 2.24) is 5.32 Å². The molecule has 7 unspecified atom stereocenters. The van der Waals surface area contributed by atoms with Crippen molar-refractivity contribution < 1.29 is 39.8 Å². The lowest BCUT2D eigenvalue weighted by atomic mass is 9.99. The number of nitrogens with one attached hydrogen (secondary N) is 1. The molecule has 0 aromatic rings. The Kier molecular flexibility index (Phi) is 50.6. The molecule has 1 rings (SSSR count). The Morgan fingerprint density at radius 3 is 1.21 bits per heavy atom. The standard InChI is InChI=1S/C63H121NO8/c1-3-5-7-9-11-13-15-17-19-21-22-23-24-25-26-27-28-29-30-31-32-33-34-35-36-37-38-40-42-44-46-48-50-52-57(66)56(55-71-63-62(70)61(69)60(68)58(54-65)72-63)64-59(67)53-51-49-47-45-43-41-39-20-18-16-14-12-10-8-6-4-2/h14,16,20,39,56-58,60-63,65-66,68-70H,3-13,15,17-19,21-38,40-55H2,1-2H3,(H,64,67)/b16-14-,39-20-. The van der Waals surface area contributed by atoms with Gasteiger partial charge in [0, 0.05) is 6.42 Å². The lowest BCUT2D eigenvalue weighted by Crippen LogP contribution is -2.60. The van der Waals surface area contributed by atoms with Gasteiger partial charge in [0.15, 0.2) is 6.29 Å². The third kappa shape index (κ3) is 41.9. The van der Waals surface area contributed by atoms with Gasteiger partial charge in [-0.05, 0) is 44.9 Å². The van der Waals surface area contributed by atoms with Crippen molar-refractivity contribution in [3.8, 4) is 0 Å². The number of aliphatic hydroxyl groups is 5. The van der Waals surface area contributed by atoms with Gasteiger partial charge in [0.05, 0.1) is 25.4 Å².